The van der Waals surface area contributed by atoms with Crippen LogP contribution < -0.4 is 10.5 Å². The summed E-state index contributed by atoms with van der Waals surface area (Å²) in [6.07, 6.45) is 1.32. The summed E-state index contributed by atoms with van der Waals surface area (Å²) in [7, 11) is 4.38. The van der Waals surface area contributed by atoms with E-state index in [2.05, 4.69) is 23.9 Å². The first-order valence-corrected chi connectivity index (χ1v) is 7.46. The number of nitrogens with two attached hydrogens (primary N) is 1. The molecule has 0 spiro atoms. The van der Waals surface area contributed by atoms with Crippen molar-refractivity contribution in [3.05, 3.63) is 29.8 Å². The Morgan fingerprint density at radius 1 is 1.45 bits per heavy atom. The number of hydrogen-bond donors (Lipinski definition) is 1. The van der Waals surface area contributed by atoms with E-state index in [0.717, 1.165) is 36.9 Å². The third kappa shape index (κ3) is 4.78. The van der Waals surface area contributed by atoms with Crippen LogP contribution in [-0.4, -0.2) is 56.7 Å². The van der Waals surface area contributed by atoms with Crippen LogP contribution in [0.1, 0.15) is 12.0 Å². The molecular formula is C16H27N3O. The number of ether oxygens (including phenoxy) is 1. The van der Waals surface area contributed by atoms with Gasteiger partial charge in [-0.15, -0.1) is 0 Å². The molecule has 1 aromatic rings. The van der Waals surface area contributed by atoms with Crippen LogP contribution in [0, 0.1) is 5.92 Å². The SMILES string of the molecule is CN(CCOc1cccc(CN)c1)CC1CCN(C)C1. The zero-order valence-electron chi connectivity index (χ0n) is 12.7. The van der Waals surface area contributed by atoms with Crippen molar-refractivity contribution in [1.29, 1.82) is 0 Å². The Hall–Kier alpha value is -1.10. The summed E-state index contributed by atoms with van der Waals surface area (Å²) in [6, 6.07) is 8.03. The highest BCUT2D eigenvalue weighted by Crippen LogP contribution is 2.15. The molecule has 1 atom stereocenters. The van der Waals surface area contributed by atoms with Gasteiger partial charge in [0.1, 0.15) is 12.4 Å². The number of likely N-dealkylation sites (tertiary alicyclic amines) is 1. The molecule has 1 aromatic carbocycles. The van der Waals surface area contributed by atoms with Gasteiger partial charge in [-0.3, -0.25) is 0 Å². The van der Waals surface area contributed by atoms with E-state index >= 15 is 0 Å². The number of benzene rings is 1. The second-order valence-corrected chi connectivity index (χ2v) is 5.88. The second-order valence-electron chi connectivity index (χ2n) is 5.88. The van der Waals surface area contributed by atoms with Gasteiger partial charge in [0.2, 0.25) is 0 Å². The Kier molecular flexibility index (Phi) is 5.83. The Balaban J connectivity index is 1.67. The van der Waals surface area contributed by atoms with E-state index < -0.39 is 0 Å². The number of likely N-dealkylation sites (N-methyl/N-ethyl adjacent to an activating group) is 1. The van der Waals surface area contributed by atoms with Crippen LogP contribution in [-0.2, 0) is 6.54 Å². The summed E-state index contributed by atoms with van der Waals surface area (Å²) < 4.78 is 5.80. The van der Waals surface area contributed by atoms with Gasteiger partial charge in [0.15, 0.2) is 0 Å². The lowest BCUT2D eigenvalue weighted by atomic mass is 10.1. The summed E-state index contributed by atoms with van der Waals surface area (Å²) in [6.45, 7) is 5.88. The summed E-state index contributed by atoms with van der Waals surface area (Å²) >= 11 is 0. The minimum Gasteiger partial charge on any atom is -0.492 e. The Bertz CT molecular complexity index is 410. The van der Waals surface area contributed by atoms with Crippen LogP contribution in [0.4, 0.5) is 0 Å². The van der Waals surface area contributed by atoms with Gasteiger partial charge in [-0.1, -0.05) is 12.1 Å². The Morgan fingerprint density at radius 3 is 3.00 bits per heavy atom. The number of hydrogen-bond acceptors (Lipinski definition) is 4. The highest BCUT2D eigenvalue weighted by Gasteiger charge is 2.20. The third-order valence-electron chi connectivity index (χ3n) is 3.93. The van der Waals surface area contributed by atoms with Gasteiger partial charge in [0.05, 0.1) is 0 Å². The first-order chi connectivity index (χ1) is 9.67. The second kappa shape index (κ2) is 7.62. The molecule has 0 saturated carbocycles. The van der Waals surface area contributed by atoms with E-state index in [4.69, 9.17) is 10.5 Å². The van der Waals surface area contributed by atoms with E-state index in [1.54, 1.807) is 0 Å². The molecule has 2 N–H and O–H groups in total. The average Bonchev–Trinajstić information content (AvgIpc) is 2.84. The van der Waals surface area contributed by atoms with Gasteiger partial charge in [-0.2, -0.15) is 0 Å². The Labute approximate surface area is 122 Å². The molecule has 2 rings (SSSR count). The molecule has 0 amide bonds. The minimum atomic E-state index is 0.562. The van der Waals surface area contributed by atoms with Crippen molar-refractivity contribution in [3.63, 3.8) is 0 Å². The fourth-order valence-electron chi connectivity index (χ4n) is 2.79. The first kappa shape index (κ1) is 15.3. The van der Waals surface area contributed by atoms with Crippen LogP contribution in [0.15, 0.2) is 24.3 Å². The summed E-state index contributed by atoms with van der Waals surface area (Å²) in [4.78, 5) is 4.78. The van der Waals surface area contributed by atoms with Crippen molar-refractivity contribution in [2.75, 3.05) is 46.9 Å². The van der Waals surface area contributed by atoms with Gasteiger partial charge in [0.25, 0.3) is 0 Å². The van der Waals surface area contributed by atoms with Crippen LogP contribution >= 0.6 is 0 Å². The van der Waals surface area contributed by atoms with Crippen molar-refractivity contribution in [3.8, 4) is 5.75 Å². The third-order valence-corrected chi connectivity index (χ3v) is 3.93. The molecule has 0 radical (unpaired) electrons. The normalized spacial score (nSPS) is 19.7. The summed E-state index contributed by atoms with van der Waals surface area (Å²) in [5.41, 5.74) is 6.75. The fourth-order valence-corrected chi connectivity index (χ4v) is 2.79. The van der Waals surface area contributed by atoms with Crippen LogP contribution in [0.5, 0.6) is 5.75 Å². The fraction of sp³-hybridized carbons (Fsp3) is 0.625. The predicted molar refractivity (Wildman–Crippen MR) is 82.9 cm³/mol. The van der Waals surface area contributed by atoms with E-state index in [-0.39, 0.29) is 0 Å². The van der Waals surface area contributed by atoms with Crippen molar-refractivity contribution in [1.82, 2.24) is 9.80 Å². The predicted octanol–water partition coefficient (Wildman–Crippen LogP) is 1.41. The zero-order valence-corrected chi connectivity index (χ0v) is 12.7. The molecule has 0 aromatic heterocycles. The standard InChI is InChI=1S/C16H27N3O/c1-18-7-6-15(12-18)13-19(2)8-9-20-16-5-3-4-14(10-16)11-17/h3-5,10,15H,6-9,11-13,17H2,1-2H3. The lowest BCUT2D eigenvalue weighted by molar-refractivity contribution is 0.215. The molecular weight excluding hydrogens is 250 g/mol. The summed E-state index contributed by atoms with van der Waals surface area (Å²) in [5, 5.41) is 0. The molecule has 20 heavy (non-hydrogen) atoms. The lowest BCUT2D eigenvalue weighted by Crippen LogP contribution is -2.30. The molecule has 1 unspecified atom stereocenters. The quantitative estimate of drug-likeness (QED) is 0.818. The van der Waals surface area contributed by atoms with Crippen LogP contribution in [0.3, 0.4) is 0 Å². The van der Waals surface area contributed by atoms with Crippen molar-refractivity contribution < 1.29 is 4.74 Å². The highest BCUT2D eigenvalue weighted by molar-refractivity contribution is 5.28. The molecule has 0 bridgehead atoms. The molecule has 4 nitrogen and oxygen atoms in total. The van der Waals surface area contributed by atoms with Crippen molar-refractivity contribution >= 4 is 0 Å². The summed E-state index contributed by atoms with van der Waals surface area (Å²) in [5.74, 6) is 1.73. The van der Waals surface area contributed by atoms with Crippen molar-refractivity contribution in [2.45, 2.75) is 13.0 Å². The molecule has 0 aliphatic carbocycles. The number of nitrogens with zero attached hydrogens (tertiary/aromatic N) is 2. The molecule has 1 heterocycles. The molecule has 1 saturated heterocycles. The zero-order chi connectivity index (χ0) is 14.4. The van der Waals surface area contributed by atoms with Crippen LogP contribution in [0.25, 0.3) is 0 Å². The first-order valence-electron chi connectivity index (χ1n) is 7.46. The van der Waals surface area contributed by atoms with Crippen molar-refractivity contribution in [2.24, 2.45) is 11.7 Å². The minimum absolute atomic E-state index is 0.562. The molecule has 112 valence electrons. The monoisotopic (exact) mass is 277 g/mol. The van der Waals surface area contributed by atoms with Crippen LogP contribution in [0.2, 0.25) is 0 Å². The lowest BCUT2D eigenvalue weighted by Gasteiger charge is -2.21. The van der Waals surface area contributed by atoms with Gasteiger partial charge in [-0.05, 0) is 50.7 Å². The molecule has 1 aliphatic rings. The molecule has 4 heteroatoms. The maximum absolute atomic E-state index is 5.80. The maximum Gasteiger partial charge on any atom is 0.119 e. The largest absolute Gasteiger partial charge is 0.492 e. The number of rotatable bonds is 7. The van der Waals surface area contributed by atoms with E-state index in [1.807, 2.05) is 24.3 Å². The van der Waals surface area contributed by atoms with Gasteiger partial charge < -0.3 is 20.3 Å². The van der Waals surface area contributed by atoms with Gasteiger partial charge >= 0.3 is 0 Å². The van der Waals surface area contributed by atoms with E-state index in [0.29, 0.717) is 6.54 Å². The maximum atomic E-state index is 5.80. The van der Waals surface area contributed by atoms with E-state index in [9.17, 15) is 0 Å². The average molecular weight is 277 g/mol. The topological polar surface area (TPSA) is 41.7 Å². The van der Waals surface area contributed by atoms with E-state index in [1.165, 1.54) is 19.5 Å². The molecule has 1 fully saturated rings. The smallest absolute Gasteiger partial charge is 0.119 e. The van der Waals surface area contributed by atoms with Gasteiger partial charge in [-0.25, -0.2) is 0 Å². The highest BCUT2D eigenvalue weighted by atomic mass is 16.5. The Morgan fingerprint density at radius 2 is 2.30 bits per heavy atom. The van der Waals surface area contributed by atoms with Gasteiger partial charge in [0, 0.05) is 26.2 Å². The molecule has 1 aliphatic heterocycles.